The molecular weight excluding hydrogens is 222 g/mol. The summed E-state index contributed by atoms with van der Waals surface area (Å²) in [6.45, 7) is 1.68. The van der Waals surface area contributed by atoms with Crippen molar-refractivity contribution >= 4 is 16.9 Å². The first-order valence-electron chi connectivity index (χ1n) is 5.08. The van der Waals surface area contributed by atoms with Crippen molar-refractivity contribution in [1.29, 1.82) is 0 Å². The lowest BCUT2D eigenvalue weighted by Gasteiger charge is -2.07. The van der Waals surface area contributed by atoms with E-state index < -0.39 is 5.91 Å². The number of hydrogen-bond donors (Lipinski definition) is 1. The van der Waals surface area contributed by atoms with E-state index in [9.17, 15) is 10.0 Å². The fraction of sp³-hybridized carbons (Fsp3) is 0.250. The Balaban J connectivity index is 2.68. The fourth-order valence-electron chi connectivity index (χ4n) is 1.75. The molecule has 0 atom stereocenters. The number of fused-ring (bicyclic) bond motifs is 1. The molecule has 0 spiro atoms. The summed E-state index contributed by atoms with van der Waals surface area (Å²) in [6, 6.07) is 5.19. The summed E-state index contributed by atoms with van der Waals surface area (Å²) < 4.78 is 10.6. The van der Waals surface area contributed by atoms with Crippen molar-refractivity contribution < 1.29 is 19.2 Å². The van der Waals surface area contributed by atoms with Gasteiger partial charge in [0.2, 0.25) is 0 Å². The van der Waals surface area contributed by atoms with Gasteiger partial charge in [0, 0.05) is 12.4 Å². The van der Waals surface area contributed by atoms with Crippen LogP contribution in [0.3, 0.4) is 0 Å². The van der Waals surface area contributed by atoms with Crippen LogP contribution in [-0.2, 0) is 0 Å². The van der Waals surface area contributed by atoms with Gasteiger partial charge in [-0.2, -0.15) is 0 Å². The number of hydroxylamine groups is 2. The second-order valence-corrected chi connectivity index (χ2v) is 3.72. The minimum Gasteiger partial charge on any atom is -0.497 e. The summed E-state index contributed by atoms with van der Waals surface area (Å²) in [4.78, 5) is 11.8. The molecule has 1 heterocycles. The van der Waals surface area contributed by atoms with Crippen LogP contribution >= 0.6 is 0 Å². The van der Waals surface area contributed by atoms with Gasteiger partial charge >= 0.3 is 0 Å². The van der Waals surface area contributed by atoms with Gasteiger partial charge in [-0.05, 0) is 25.1 Å². The minimum atomic E-state index is -0.505. The van der Waals surface area contributed by atoms with Crippen molar-refractivity contribution in [2.24, 2.45) is 0 Å². The molecule has 0 aliphatic heterocycles. The Morgan fingerprint density at radius 2 is 2.18 bits per heavy atom. The first-order valence-corrected chi connectivity index (χ1v) is 5.08. The summed E-state index contributed by atoms with van der Waals surface area (Å²) in [5.41, 5.74) is 0.942. The highest BCUT2D eigenvalue weighted by Crippen LogP contribution is 2.29. The molecule has 1 amide bonds. The van der Waals surface area contributed by atoms with E-state index in [-0.39, 0.29) is 0 Å². The van der Waals surface area contributed by atoms with E-state index in [0.29, 0.717) is 33.1 Å². The first-order chi connectivity index (χ1) is 8.04. The summed E-state index contributed by atoms with van der Waals surface area (Å²) in [7, 11) is 2.83. The van der Waals surface area contributed by atoms with Crippen LogP contribution in [0.5, 0.6) is 5.75 Å². The Kier molecular flexibility index (Phi) is 2.77. The predicted octanol–water partition coefficient (Wildman–Crippen LogP) is 2.21. The van der Waals surface area contributed by atoms with Gasteiger partial charge in [0.05, 0.1) is 12.7 Å². The summed E-state index contributed by atoms with van der Waals surface area (Å²) >= 11 is 0. The molecule has 2 rings (SSSR count). The lowest BCUT2D eigenvalue weighted by molar-refractivity contribution is -0.0374. The maximum atomic E-state index is 11.8. The van der Waals surface area contributed by atoms with Crippen LogP contribution in [0, 0.1) is 6.92 Å². The van der Waals surface area contributed by atoms with E-state index >= 15 is 0 Å². The molecule has 5 heteroatoms. The molecule has 0 unspecified atom stereocenters. The number of methoxy groups -OCH3 is 1. The molecule has 1 N–H and O–H groups in total. The third kappa shape index (κ3) is 1.85. The molecule has 0 bridgehead atoms. The van der Waals surface area contributed by atoms with Gasteiger partial charge in [-0.15, -0.1) is 0 Å². The van der Waals surface area contributed by atoms with Crippen LogP contribution in [0.15, 0.2) is 22.6 Å². The van der Waals surface area contributed by atoms with E-state index in [1.165, 1.54) is 7.05 Å². The predicted molar refractivity (Wildman–Crippen MR) is 61.4 cm³/mol. The molecule has 0 aliphatic carbocycles. The topological polar surface area (TPSA) is 62.9 Å². The fourth-order valence-corrected chi connectivity index (χ4v) is 1.75. The van der Waals surface area contributed by atoms with Gasteiger partial charge in [-0.1, -0.05) is 0 Å². The van der Waals surface area contributed by atoms with Crippen molar-refractivity contribution in [3.8, 4) is 5.75 Å². The Morgan fingerprint density at radius 1 is 1.47 bits per heavy atom. The largest absolute Gasteiger partial charge is 0.497 e. The van der Waals surface area contributed by atoms with E-state index in [4.69, 9.17) is 9.15 Å². The van der Waals surface area contributed by atoms with E-state index in [1.807, 2.05) is 0 Å². The molecule has 90 valence electrons. The number of amides is 1. The highest BCUT2D eigenvalue weighted by molar-refractivity contribution is 6.06. The van der Waals surface area contributed by atoms with Crippen LogP contribution in [0.2, 0.25) is 0 Å². The molecule has 0 saturated heterocycles. The monoisotopic (exact) mass is 235 g/mol. The molecule has 1 aromatic carbocycles. The van der Waals surface area contributed by atoms with Gasteiger partial charge in [-0.3, -0.25) is 10.0 Å². The lowest BCUT2D eigenvalue weighted by Crippen LogP contribution is -2.22. The molecule has 0 saturated carbocycles. The number of aryl methyl sites for hydroxylation is 1. The first kappa shape index (κ1) is 11.5. The molecule has 0 fully saturated rings. The summed E-state index contributed by atoms with van der Waals surface area (Å²) in [5, 5.41) is 10.4. The van der Waals surface area contributed by atoms with Crippen molar-refractivity contribution in [1.82, 2.24) is 5.06 Å². The number of nitrogens with zero attached hydrogens (tertiary/aromatic N) is 1. The minimum absolute atomic E-state index is 0.351. The Morgan fingerprint density at radius 3 is 2.76 bits per heavy atom. The second kappa shape index (κ2) is 4.10. The number of ether oxygens (including phenoxy) is 1. The van der Waals surface area contributed by atoms with Gasteiger partial charge in [0.15, 0.2) is 0 Å². The van der Waals surface area contributed by atoms with E-state index in [2.05, 4.69) is 0 Å². The maximum absolute atomic E-state index is 11.8. The second-order valence-electron chi connectivity index (χ2n) is 3.72. The van der Waals surface area contributed by atoms with Gasteiger partial charge in [-0.25, -0.2) is 5.06 Å². The molecule has 1 aromatic heterocycles. The molecule has 2 aromatic rings. The molecule has 0 aliphatic rings. The average molecular weight is 235 g/mol. The van der Waals surface area contributed by atoms with Gasteiger partial charge < -0.3 is 9.15 Å². The standard InChI is InChI=1S/C12H13NO4/c1-7-11(12(14)13(2)15)9-6-8(16-3)4-5-10(9)17-7/h4-6,15H,1-3H3. The van der Waals surface area contributed by atoms with Crippen molar-refractivity contribution in [3.63, 3.8) is 0 Å². The highest BCUT2D eigenvalue weighted by Gasteiger charge is 2.20. The van der Waals surface area contributed by atoms with Crippen LogP contribution in [0.4, 0.5) is 0 Å². The van der Waals surface area contributed by atoms with Crippen LogP contribution in [0.1, 0.15) is 16.1 Å². The molecular formula is C12H13NO4. The van der Waals surface area contributed by atoms with E-state index in [0.717, 1.165) is 0 Å². The third-order valence-electron chi connectivity index (χ3n) is 2.58. The Bertz CT molecular complexity index is 571. The average Bonchev–Trinajstić information content (AvgIpc) is 2.62. The van der Waals surface area contributed by atoms with Crippen molar-refractivity contribution in [2.45, 2.75) is 6.92 Å². The molecule has 17 heavy (non-hydrogen) atoms. The highest BCUT2D eigenvalue weighted by atomic mass is 16.5. The smallest absolute Gasteiger partial charge is 0.281 e. The number of benzene rings is 1. The normalized spacial score (nSPS) is 10.6. The van der Waals surface area contributed by atoms with Crippen molar-refractivity contribution in [2.75, 3.05) is 14.2 Å². The SMILES string of the molecule is COc1ccc2oc(C)c(C(=O)N(C)O)c2c1. The maximum Gasteiger partial charge on any atom is 0.281 e. The number of hydrogen-bond acceptors (Lipinski definition) is 4. The number of carbonyl (C=O) groups excluding carboxylic acids is 1. The van der Waals surface area contributed by atoms with Gasteiger partial charge in [0.25, 0.3) is 5.91 Å². The quantitative estimate of drug-likeness (QED) is 0.640. The number of furan rings is 1. The third-order valence-corrected chi connectivity index (χ3v) is 2.58. The zero-order chi connectivity index (χ0) is 12.6. The van der Waals surface area contributed by atoms with Crippen molar-refractivity contribution in [3.05, 3.63) is 29.5 Å². The summed E-state index contributed by atoms with van der Waals surface area (Å²) in [5.74, 6) is 0.599. The van der Waals surface area contributed by atoms with Crippen LogP contribution in [-0.4, -0.2) is 30.3 Å². The van der Waals surface area contributed by atoms with Crippen LogP contribution in [0.25, 0.3) is 11.0 Å². The molecule has 0 radical (unpaired) electrons. The Labute approximate surface area is 98.2 Å². The number of rotatable bonds is 2. The summed E-state index contributed by atoms with van der Waals surface area (Å²) in [6.07, 6.45) is 0. The zero-order valence-electron chi connectivity index (χ0n) is 9.85. The Hall–Kier alpha value is -2.01. The van der Waals surface area contributed by atoms with Crippen LogP contribution < -0.4 is 4.74 Å². The lowest BCUT2D eigenvalue weighted by atomic mass is 10.1. The molecule has 5 nitrogen and oxygen atoms in total. The number of carbonyl (C=O) groups is 1. The zero-order valence-corrected chi connectivity index (χ0v) is 9.85. The van der Waals surface area contributed by atoms with E-state index in [1.54, 1.807) is 32.2 Å². The van der Waals surface area contributed by atoms with Gasteiger partial charge in [0.1, 0.15) is 17.1 Å².